The van der Waals surface area contributed by atoms with Crippen LogP contribution < -0.4 is 14.8 Å². The summed E-state index contributed by atoms with van der Waals surface area (Å²) in [6, 6.07) is 4.48. The van der Waals surface area contributed by atoms with Gasteiger partial charge in [0.25, 0.3) is 0 Å². The first kappa shape index (κ1) is 22.0. The second kappa shape index (κ2) is 9.42. The first-order valence-corrected chi connectivity index (χ1v) is 11.6. The number of hydrogen-bond acceptors (Lipinski definition) is 6. The smallest absolute Gasteiger partial charge is 0.240 e. The van der Waals surface area contributed by atoms with Gasteiger partial charge in [-0.2, -0.15) is 0 Å². The molecule has 1 amide bonds. The molecule has 1 aliphatic carbocycles. The van der Waals surface area contributed by atoms with Gasteiger partial charge >= 0.3 is 0 Å². The normalized spacial score (nSPS) is 20.2. The summed E-state index contributed by atoms with van der Waals surface area (Å²) in [7, 11) is -2.26. The first-order valence-electron chi connectivity index (χ1n) is 10.1. The molecule has 1 aromatic rings. The fraction of sp³-hybridized carbons (Fsp3) is 0.650. The Morgan fingerprint density at radius 3 is 2.52 bits per heavy atom. The predicted molar refractivity (Wildman–Crippen MR) is 111 cm³/mol. The number of carbonyl (C=O) groups is 1. The van der Waals surface area contributed by atoms with Gasteiger partial charge in [0.15, 0.2) is 0 Å². The number of rotatable bonds is 7. The molecular weight excluding hydrogens is 394 g/mol. The van der Waals surface area contributed by atoms with Gasteiger partial charge < -0.3 is 14.8 Å². The molecule has 2 aliphatic rings. The summed E-state index contributed by atoms with van der Waals surface area (Å²) in [6.07, 6.45) is 5.37. The van der Waals surface area contributed by atoms with Crippen molar-refractivity contribution in [3.05, 3.63) is 18.2 Å². The third-order valence-corrected chi connectivity index (χ3v) is 7.25. The van der Waals surface area contributed by atoms with E-state index in [0.717, 1.165) is 38.8 Å². The van der Waals surface area contributed by atoms with E-state index in [1.165, 1.54) is 32.6 Å². The van der Waals surface area contributed by atoms with Crippen molar-refractivity contribution >= 4 is 21.6 Å². The van der Waals surface area contributed by atoms with Gasteiger partial charge in [-0.25, -0.2) is 13.1 Å². The van der Waals surface area contributed by atoms with Gasteiger partial charge in [-0.15, -0.1) is 0 Å². The number of benzene rings is 1. The number of amides is 1. The summed E-state index contributed by atoms with van der Waals surface area (Å²) < 4.78 is 39.6. The molecule has 1 heterocycles. The number of ether oxygens (including phenoxy) is 2. The van der Waals surface area contributed by atoms with Gasteiger partial charge in [0.2, 0.25) is 15.9 Å². The van der Waals surface area contributed by atoms with E-state index in [4.69, 9.17) is 9.47 Å². The van der Waals surface area contributed by atoms with Crippen LogP contribution in [0.2, 0.25) is 0 Å². The van der Waals surface area contributed by atoms with Crippen molar-refractivity contribution in [2.24, 2.45) is 0 Å². The number of hydrogen-bond donors (Lipinski definition) is 2. The van der Waals surface area contributed by atoms with Crippen LogP contribution in [0.25, 0.3) is 0 Å². The molecule has 0 atom stereocenters. The van der Waals surface area contributed by atoms with Gasteiger partial charge in [0.05, 0.1) is 30.9 Å². The van der Waals surface area contributed by atoms with Crippen LogP contribution in [0.1, 0.15) is 39.0 Å². The van der Waals surface area contributed by atoms with Crippen LogP contribution in [0.5, 0.6) is 5.75 Å². The maximum absolute atomic E-state index is 13.0. The SMILES string of the molecule is COc1ccc(S(=O)(=O)NCC2(N3CCOCC3)CCCCC2)cc1NC(C)=O. The lowest BCUT2D eigenvalue weighted by atomic mass is 9.80. The van der Waals surface area contributed by atoms with E-state index in [2.05, 4.69) is 14.9 Å². The molecule has 2 fully saturated rings. The second-order valence-corrected chi connectivity index (χ2v) is 9.52. The first-order chi connectivity index (χ1) is 13.9. The molecule has 0 unspecified atom stereocenters. The Hall–Kier alpha value is -1.68. The fourth-order valence-corrected chi connectivity index (χ4v) is 5.45. The molecule has 1 saturated carbocycles. The van der Waals surface area contributed by atoms with Crippen molar-refractivity contribution in [1.82, 2.24) is 9.62 Å². The minimum atomic E-state index is -3.73. The zero-order chi connectivity index (χ0) is 20.9. The van der Waals surface area contributed by atoms with Crippen LogP contribution in [-0.2, 0) is 19.6 Å². The van der Waals surface area contributed by atoms with Crippen molar-refractivity contribution in [3.63, 3.8) is 0 Å². The van der Waals surface area contributed by atoms with Gasteiger partial charge in [-0.05, 0) is 31.0 Å². The number of anilines is 1. The van der Waals surface area contributed by atoms with Gasteiger partial charge in [-0.1, -0.05) is 19.3 Å². The molecule has 9 heteroatoms. The molecule has 1 saturated heterocycles. The van der Waals surface area contributed by atoms with Crippen molar-refractivity contribution < 1.29 is 22.7 Å². The van der Waals surface area contributed by atoms with Crippen molar-refractivity contribution in [2.45, 2.75) is 49.5 Å². The topological polar surface area (TPSA) is 97.0 Å². The van der Waals surface area contributed by atoms with E-state index >= 15 is 0 Å². The molecule has 0 spiro atoms. The second-order valence-electron chi connectivity index (χ2n) is 7.75. The molecule has 1 aliphatic heterocycles. The third-order valence-electron chi connectivity index (χ3n) is 5.85. The fourth-order valence-electron chi connectivity index (χ4n) is 4.31. The van der Waals surface area contributed by atoms with E-state index < -0.39 is 10.0 Å². The molecule has 3 rings (SSSR count). The van der Waals surface area contributed by atoms with Gasteiger partial charge in [0.1, 0.15) is 5.75 Å². The Bertz CT molecular complexity index is 815. The van der Waals surface area contributed by atoms with E-state index in [-0.39, 0.29) is 16.3 Å². The van der Waals surface area contributed by atoms with E-state index in [1.54, 1.807) is 6.07 Å². The summed E-state index contributed by atoms with van der Waals surface area (Å²) >= 11 is 0. The highest BCUT2D eigenvalue weighted by molar-refractivity contribution is 7.89. The number of nitrogens with one attached hydrogen (secondary N) is 2. The van der Waals surface area contributed by atoms with Crippen LogP contribution >= 0.6 is 0 Å². The molecule has 0 aromatic heterocycles. The largest absolute Gasteiger partial charge is 0.495 e. The van der Waals surface area contributed by atoms with Crippen molar-refractivity contribution in [2.75, 3.05) is 45.3 Å². The highest BCUT2D eigenvalue weighted by atomic mass is 32.2. The quantitative estimate of drug-likeness (QED) is 0.693. The average molecular weight is 426 g/mol. The zero-order valence-electron chi connectivity index (χ0n) is 17.2. The molecule has 162 valence electrons. The Morgan fingerprint density at radius 1 is 1.21 bits per heavy atom. The number of carbonyl (C=O) groups excluding carboxylic acids is 1. The monoisotopic (exact) mass is 425 g/mol. The third kappa shape index (κ3) is 5.28. The standard InChI is InChI=1S/C20H31N3O5S/c1-16(24)22-18-14-17(6-7-19(18)27-2)29(25,26)21-15-20(8-4-3-5-9-20)23-10-12-28-13-11-23/h6-7,14,21H,3-5,8-13,15H2,1-2H3,(H,22,24). The number of morpholine rings is 1. The average Bonchev–Trinajstić information content (AvgIpc) is 2.73. The Morgan fingerprint density at radius 2 is 1.90 bits per heavy atom. The number of nitrogens with zero attached hydrogens (tertiary/aromatic N) is 1. The highest BCUT2D eigenvalue weighted by Crippen LogP contribution is 2.34. The molecule has 29 heavy (non-hydrogen) atoms. The van der Waals surface area contributed by atoms with E-state index in [1.807, 2.05) is 0 Å². The van der Waals surface area contributed by atoms with Gasteiger partial charge in [-0.3, -0.25) is 9.69 Å². The van der Waals surface area contributed by atoms with E-state index in [0.29, 0.717) is 31.2 Å². The van der Waals surface area contributed by atoms with Crippen LogP contribution in [0.3, 0.4) is 0 Å². The molecule has 0 bridgehead atoms. The van der Waals surface area contributed by atoms with Crippen LogP contribution in [0.4, 0.5) is 5.69 Å². The number of methoxy groups -OCH3 is 1. The van der Waals surface area contributed by atoms with Crippen LogP contribution in [0.15, 0.2) is 23.1 Å². The van der Waals surface area contributed by atoms with Crippen molar-refractivity contribution in [1.29, 1.82) is 0 Å². The summed E-state index contributed by atoms with van der Waals surface area (Å²) in [6.45, 7) is 4.78. The summed E-state index contributed by atoms with van der Waals surface area (Å²) in [5, 5.41) is 2.62. The lowest BCUT2D eigenvalue weighted by Gasteiger charge is -2.48. The van der Waals surface area contributed by atoms with Crippen LogP contribution in [-0.4, -0.2) is 64.7 Å². The predicted octanol–water partition coefficient (Wildman–Crippen LogP) is 1.97. The lowest BCUT2D eigenvalue weighted by Crippen LogP contribution is -2.59. The summed E-state index contributed by atoms with van der Waals surface area (Å²) in [4.78, 5) is 13.9. The minimum Gasteiger partial charge on any atom is -0.495 e. The lowest BCUT2D eigenvalue weighted by molar-refractivity contribution is -0.114. The minimum absolute atomic E-state index is 0.106. The molecule has 8 nitrogen and oxygen atoms in total. The Kier molecular flexibility index (Phi) is 7.15. The Labute approximate surface area is 173 Å². The molecule has 1 aromatic carbocycles. The zero-order valence-corrected chi connectivity index (χ0v) is 18.0. The van der Waals surface area contributed by atoms with Crippen molar-refractivity contribution in [3.8, 4) is 5.75 Å². The summed E-state index contributed by atoms with van der Waals surface area (Å²) in [5.41, 5.74) is 0.172. The van der Waals surface area contributed by atoms with Crippen LogP contribution in [0, 0.1) is 0 Å². The highest BCUT2D eigenvalue weighted by Gasteiger charge is 2.39. The molecule has 2 N–H and O–H groups in total. The molecular formula is C20H31N3O5S. The maximum atomic E-state index is 13.0. The summed E-state index contributed by atoms with van der Waals surface area (Å²) in [5.74, 6) is 0.121. The van der Waals surface area contributed by atoms with Gasteiger partial charge in [0, 0.05) is 32.1 Å². The number of sulfonamides is 1. The maximum Gasteiger partial charge on any atom is 0.240 e. The Balaban J connectivity index is 1.79. The van der Waals surface area contributed by atoms with E-state index in [9.17, 15) is 13.2 Å². The molecule has 0 radical (unpaired) electrons.